The molecular formula is C25H28N4O5. The number of unbranched alkanes of at least 4 members (excludes halogenated alkanes) is 1. The SMILES string of the molecule is CCCCNc1ccccc1C(=O)OCC(=O)c1c(N)n(Cc2ccccc2)c(=O)n(C)c1=O. The molecule has 34 heavy (non-hydrogen) atoms. The van der Waals surface area contributed by atoms with Gasteiger partial charge in [-0.2, -0.15) is 0 Å². The van der Waals surface area contributed by atoms with Crippen LogP contribution in [0.4, 0.5) is 11.5 Å². The first-order valence-corrected chi connectivity index (χ1v) is 11.0. The Bertz CT molecular complexity index is 1290. The third kappa shape index (κ3) is 5.43. The van der Waals surface area contributed by atoms with E-state index in [2.05, 4.69) is 12.2 Å². The second-order valence-electron chi connectivity index (χ2n) is 7.80. The molecule has 3 rings (SSSR count). The summed E-state index contributed by atoms with van der Waals surface area (Å²) >= 11 is 0. The molecular weight excluding hydrogens is 436 g/mol. The number of Topliss-reactive ketones (excluding diaryl/α,β-unsaturated/α-hetero) is 1. The molecule has 0 radical (unpaired) electrons. The molecule has 1 heterocycles. The second-order valence-corrected chi connectivity index (χ2v) is 7.80. The maximum absolute atomic E-state index is 12.9. The van der Waals surface area contributed by atoms with Crippen LogP contribution in [0, 0.1) is 0 Å². The van der Waals surface area contributed by atoms with Crippen LogP contribution in [0.5, 0.6) is 0 Å². The van der Waals surface area contributed by atoms with Gasteiger partial charge >= 0.3 is 11.7 Å². The van der Waals surface area contributed by atoms with E-state index in [0.717, 1.165) is 27.5 Å². The van der Waals surface area contributed by atoms with Crippen LogP contribution < -0.4 is 22.3 Å². The van der Waals surface area contributed by atoms with Gasteiger partial charge in [-0.25, -0.2) is 9.59 Å². The smallest absolute Gasteiger partial charge is 0.340 e. The van der Waals surface area contributed by atoms with Crippen molar-refractivity contribution in [2.75, 3.05) is 24.2 Å². The van der Waals surface area contributed by atoms with Crippen molar-refractivity contribution in [3.8, 4) is 0 Å². The van der Waals surface area contributed by atoms with E-state index in [1.54, 1.807) is 48.5 Å². The molecule has 0 aliphatic rings. The number of hydrogen-bond donors (Lipinski definition) is 2. The van der Waals surface area contributed by atoms with Crippen LogP contribution in [-0.4, -0.2) is 34.0 Å². The number of nitrogens with one attached hydrogen (secondary N) is 1. The number of carbonyl (C=O) groups is 2. The summed E-state index contributed by atoms with van der Waals surface area (Å²) in [4.78, 5) is 50.8. The lowest BCUT2D eigenvalue weighted by Crippen LogP contribution is -2.43. The number of nitrogen functional groups attached to an aromatic ring is 1. The highest BCUT2D eigenvalue weighted by Crippen LogP contribution is 2.17. The number of ether oxygens (including phenoxy) is 1. The molecule has 9 nitrogen and oxygen atoms in total. The van der Waals surface area contributed by atoms with Crippen molar-refractivity contribution in [2.24, 2.45) is 7.05 Å². The molecule has 3 N–H and O–H groups in total. The lowest BCUT2D eigenvalue weighted by Gasteiger charge is -2.15. The lowest BCUT2D eigenvalue weighted by atomic mass is 10.1. The molecule has 0 aliphatic carbocycles. The van der Waals surface area contributed by atoms with Crippen LogP contribution in [0.2, 0.25) is 0 Å². The number of nitrogens with two attached hydrogens (primary N) is 1. The van der Waals surface area contributed by atoms with E-state index in [1.165, 1.54) is 7.05 Å². The maximum atomic E-state index is 12.9. The normalized spacial score (nSPS) is 10.6. The van der Waals surface area contributed by atoms with E-state index in [1.807, 2.05) is 6.07 Å². The molecule has 0 saturated heterocycles. The number of aromatic nitrogens is 2. The largest absolute Gasteiger partial charge is 0.454 e. The summed E-state index contributed by atoms with van der Waals surface area (Å²) in [6.07, 6.45) is 1.93. The van der Waals surface area contributed by atoms with Gasteiger partial charge in [0.25, 0.3) is 5.56 Å². The van der Waals surface area contributed by atoms with Gasteiger partial charge in [-0.1, -0.05) is 55.8 Å². The van der Waals surface area contributed by atoms with Gasteiger partial charge in [0.15, 0.2) is 6.61 Å². The predicted molar refractivity (Wildman–Crippen MR) is 130 cm³/mol. The minimum Gasteiger partial charge on any atom is -0.454 e. The lowest BCUT2D eigenvalue weighted by molar-refractivity contribution is 0.0475. The Balaban J connectivity index is 1.82. The summed E-state index contributed by atoms with van der Waals surface area (Å²) in [5.41, 5.74) is 5.86. The minimum absolute atomic E-state index is 0.0799. The van der Waals surface area contributed by atoms with Gasteiger partial charge in [-0.15, -0.1) is 0 Å². The van der Waals surface area contributed by atoms with Gasteiger partial charge in [0.2, 0.25) is 5.78 Å². The van der Waals surface area contributed by atoms with E-state index in [0.29, 0.717) is 12.2 Å². The highest BCUT2D eigenvalue weighted by atomic mass is 16.5. The monoisotopic (exact) mass is 464 g/mol. The number of para-hydroxylation sites is 1. The van der Waals surface area contributed by atoms with Gasteiger partial charge in [-0.05, 0) is 24.1 Å². The molecule has 3 aromatic rings. The molecule has 2 aromatic carbocycles. The number of benzene rings is 2. The fourth-order valence-corrected chi connectivity index (χ4v) is 3.46. The molecule has 0 unspecified atom stereocenters. The average molecular weight is 465 g/mol. The van der Waals surface area contributed by atoms with Crippen LogP contribution in [0.25, 0.3) is 0 Å². The quantitative estimate of drug-likeness (QED) is 0.268. The Labute approximate surface area is 196 Å². The molecule has 178 valence electrons. The fourth-order valence-electron chi connectivity index (χ4n) is 3.46. The van der Waals surface area contributed by atoms with E-state index >= 15 is 0 Å². The minimum atomic E-state index is -0.838. The van der Waals surface area contributed by atoms with E-state index < -0.39 is 29.6 Å². The first-order valence-electron chi connectivity index (χ1n) is 11.0. The Kier molecular flexibility index (Phi) is 8.02. The number of rotatable bonds is 10. The number of hydrogen-bond acceptors (Lipinski definition) is 7. The van der Waals surface area contributed by atoms with Gasteiger partial charge in [-0.3, -0.25) is 18.7 Å². The zero-order valence-electron chi connectivity index (χ0n) is 19.2. The molecule has 0 spiro atoms. The topological polar surface area (TPSA) is 125 Å². The first kappa shape index (κ1) is 24.5. The van der Waals surface area contributed by atoms with E-state index in [9.17, 15) is 19.2 Å². The zero-order valence-corrected chi connectivity index (χ0v) is 19.2. The van der Waals surface area contributed by atoms with Crippen molar-refractivity contribution < 1.29 is 14.3 Å². The summed E-state index contributed by atoms with van der Waals surface area (Å²) < 4.78 is 7.18. The molecule has 9 heteroatoms. The van der Waals surface area contributed by atoms with Crippen LogP contribution in [-0.2, 0) is 18.3 Å². The summed E-state index contributed by atoms with van der Waals surface area (Å²) in [7, 11) is 1.27. The predicted octanol–water partition coefficient (Wildman–Crippen LogP) is 2.43. The molecule has 0 aliphatic heterocycles. The highest BCUT2D eigenvalue weighted by Gasteiger charge is 2.23. The standard InChI is InChI=1S/C25H28N4O5/c1-3-4-14-27-19-13-9-8-12-18(19)24(32)34-16-20(30)21-22(26)29(25(33)28(2)23(21)31)15-17-10-6-5-7-11-17/h5-13,27H,3-4,14-16,26H2,1-2H3. The van der Waals surface area contributed by atoms with E-state index in [4.69, 9.17) is 10.5 Å². The van der Waals surface area contributed by atoms with Crippen molar-refractivity contribution in [3.63, 3.8) is 0 Å². The molecule has 0 bridgehead atoms. The van der Waals surface area contributed by atoms with Crippen molar-refractivity contribution in [2.45, 2.75) is 26.3 Å². The van der Waals surface area contributed by atoms with Crippen molar-refractivity contribution >= 4 is 23.3 Å². The Morgan fingerprint density at radius 1 is 1.03 bits per heavy atom. The third-order valence-corrected chi connectivity index (χ3v) is 5.37. The van der Waals surface area contributed by atoms with Crippen LogP contribution in [0.1, 0.15) is 46.0 Å². The van der Waals surface area contributed by atoms with Crippen molar-refractivity contribution in [3.05, 3.63) is 92.1 Å². The van der Waals surface area contributed by atoms with Gasteiger partial charge < -0.3 is 15.8 Å². The maximum Gasteiger partial charge on any atom is 0.340 e. The summed E-state index contributed by atoms with van der Waals surface area (Å²) in [5.74, 6) is -1.76. The number of nitrogens with zero attached hydrogens (tertiary/aromatic N) is 2. The number of carbonyl (C=O) groups excluding carboxylic acids is 2. The van der Waals surface area contributed by atoms with Gasteiger partial charge in [0, 0.05) is 19.3 Å². The number of esters is 1. The first-order chi connectivity index (χ1) is 16.3. The summed E-state index contributed by atoms with van der Waals surface area (Å²) in [5, 5.41) is 3.18. The summed E-state index contributed by atoms with van der Waals surface area (Å²) in [6, 6.07) is 15.9. The fraction of sp³-hybridized carbons (Fsp3) is 0.280. The van der Waals surface area contributed by atoms with E-state index in [-0.39, 0.29) is 23.5 Å². The van der Waals surface area contributed by atoms with Crippen LogP contribution in [0.15, 0.2) is 64.2 Å². The molecule has 0 saturated carbocycles. The number of ketones is 1. The average Bonchev–Trinajstić information content (AvgIpc) is 2.85. The molecule has 0 atom stereocenters. The van der Waals surface area contributed by atoms with Crippen LogP contribution >= 0.6 is 0 Å². The highest BCUT2D eigenvalue weighted by molar-refractivity contribution is 6.03. The molecule has 0 fully saturated rings. The molecule has 0 amide bonds. The zero-order chi connectivity index (χ0) is 24.7. The summed E-state index contributed by atoms with van der Waals surface area (Å²) in [6.45, 7) is 2.14. The Morgan fingerprint density at radius 2 is 1.71 bits per heavy atom. The Morgan fingerprint density at radius 3 is 2.41 bits per heavy atom. The third-order valence-electron chi connectivity index (χ3n) is 5.37. The van der Waals surface area contributed by atoms with Crippen molar-refractivity contribution in [1.82, 2.24) is 9.13 Å². The second kappa shape index (κ2) is 11.1. The van der Waals surface area contributed by atoms with Gasteiger partial charge in [0.1, 0.15) is 11.4 Å². The molecule has 1 aromatic heterocycles. The van der Waals surface area contributed by atoms with Crippen LogP contribution in [0.3, 0.4) is 0 Å². The van der Waals surface area contributed by atoms with Crippen molar-refractivity contribution in [1.29, 1.82) is 0 Å². The number of anilines is 2. The van der Waals surface area contributed by atoms with Gasteiger partial charge in [0.05, 0.1) is 12.1 Å². The Hall–Kier alpha value is -4.14.